The third-order valence-electron chi connectivity index (χ3n) is 10.3. The molecule has 1 saturated heterocycles. The summed E-state index contributed by atoms with van der Waals surface area (Å²) in [5, 5.41) is 24.4. The van der Waals surface area contributed by atoms with E-state index in [4.69, 9.17) is 9.16 Å². The highest BCUT2D eigenvalue weighted by atomic mass is 32.2. The number of aliphatic hydroxyl groups is 1. The number of amides is 2. The van der Waals surface area contributed by atoms with Crippen molar-refractivity contribution in [3.05, 3.63) is 76.9 Å². The first-order valence-electron chi connectivity index (χ1n) is 15.8. The van der Waals surface area contributed by atoms with Crippen molar-refractivity contribution >= 4 is 41.7 Å². The summed E-state index contributed by atoms with van der Waals surface area (Å²) in [6.07, 6.45) is 1.26. The largest absolute Gasteiger partial charge is 0.444 e. The molecule has 2 amide bonds. The fourth-order valence-electron chi connectivity index (χ4n) is 7.85. The number of ether oxygens (including phenoxy) is 1. The second kappa shape index (κ2) is 12.5. The maximum absolute atomic E-state index is 14.1. The number of para-hydroxylation sites is 2. The van der Waals surface area contributed by atoms with E-state index in [1.54, 1.807) is 12.1 Å². The molecule has 2 aliphatic heterocycles. The van der Waals surface area contributed by atoms with E-state index in [2.05, 4.69) is 27.4 Å². The van der Waals surface area contributed by atoms with Crippen molar-refractivity contribution in [3.63, 3.8) is 0 Å². The van der Waals surface area contributed by atoms with Gasteiger partial charge in [-0.1, -0.05) is 63.8 Å². The zero-order chi connectivity index (χ0) is 33.5. The number of anilines is 1. The van der Waals surface area contributed by atoms with Gasteiger partial charge in [0, 0.05) is 36.4 Å². The van der Waals surface area contributed by atoms with Gasteiger partial charge in [0.2, 0.25) is 5.91 Å². The van der Waals surface area contributed by atoms with Crippen molar-refractivity contribution < 1.29 is 37.2 Å². The van der Waals surface area contributed by atoms with Gasteiger partial charge in [0.25, 0.3) is 15.7 Å². The van der Waals surface area contributed by atoms with Gasteiger partial charge in [0.05, 0.1) is 16.2 Å². The molecule has 46 heavy (non-hydrogen) atoms. The Kier molecular flexibility index (Phi) is 9.21. The van der Waals surface area contributed by atoms with Crippen LogP contribution < -0.4 is 4.90 Å². The first-order valence-corrected chi connectivity index (χ1v) is 19.7. The molecule has 0 unspecified atom stereocenters. The molecule has 0 spiro atoms. The van der Waals surface area contributed by atoms with Gasteiger partial charge in [-0.05, 0) is 49.5 Å². The fraction of sp³-hybridized carbons (Fsp3) is 0.500. The van der Waals surface area contributed by atoms with E-state index in [0.29, 0.717) is 28.4 Å². The molecular formula is C32H41N3O9SSi. The normalized spacial score (nSPS) is 25.1. The van der Waals surface area contributed by atoms with E-state index >= 15 is 0 Å². The lowest BCUT2D eigenvalue weighted by molar-refractivity contribution is -0.387. The van der Waals surface area contributed by atoms with Crippen molar-refractivity contribution in [2.24, 2.45) is 11.8 Å². The SMILES string of the molecule is C=CCOC(=O)N(CC[C@@]1(O[Si](CC)(CC)CC)c2ccccc2N2C(=O)C[C@@H]3CC[C@H]1[C@@]32O)S(=O)(=O)c1ccccc1[N+](=O)[O-]. The molecule has 5 rings (SSSR count). The lowest BCUT2D eigenvalue weighted by atomic mass is 9.70. The van der Waals surface area contributed by atoms with Crippen LogP contribution in [0.4, 0.5) is 16.2 Å². The Bertz CT molecular complexity index is 1640. The van der Waals surface area contributed by atoms with Crippen LogP contribution in [0.2, 0.25) is 18.1 Å². The molecule has 3 aliphatic rings. The molecule has 2 fully saturated rings. The summed E-state index contributed by atoms with van der Waals surface area (Å²) >= 11 is 0. The molecule has 1 N–H and O–H groups in total. The monoisotopic (exact) mass is 671 g/mol. The number of nitrogens with zero attached hydrogens (tertiary/aromatic N) is 3. The van der Waals surface area contributed by atoms with Gasteiger partial charge in [0.15, 0.2) is 18.9 Å². The number of fused-ring (bicyclic) bond motifs is 2. The average Bonchev–Trinajstić information content (AvgIpc) is 3.52. The number of sulfonamides is 1. The summed E-state index contributed by atoms with van der Waals surface area (Å²) in [4.78, 5) is 38.8. The van der Waals surface area contributed by atoms with Crippen molar-refractivity contribution in [2.45, 2.75) is 80.8 Å². The van der Waals surface area contributed by atoms with E-state index in [1.807, 2.05) is 12.1 Å². The van der Waals surface area contributed by atoms with Gasteiger partial charge in [-0.2, -0.15) is 0 Å². The number of nitro benzene ring substituents is 1. The number of nitro groups is 1. The number of hydrogen-bond acceptors (Lipinski definition) is 9. The molecule has 12 nitrogen and oxygen atoms in total. The van der Waals surface area contributed by atoms with E-state index in [-0.39, 0.29) is 31.3 Å². The molecule has 2 heterocycles. The molecule has 248 valence electrons. The lowest BCUT2D eigenvalue weighted by Crippen LogP contribution is -2.65. The second-order valence-corrected chi connectivity index (χ2v) is 18.7. The summed E-state index contributed by atoms with van der Waals surface area (Å²) in [5.41, 5.74) is -2.38. The molecule has 1 aliphatic carbocycles. The average molecular weight is 672 g/mol. The minimum absolute atomic E-state index is 0.0798. The molecule has 1 saturated carbocycles. The Balaban J connectivity index is 1.70. The van der Waals surface area contributed by atoms with E-state index in [1.165, 1.54) is 23.1 Å². The van der Waals surface area contributed by atoms with Crippen LogP contribution in [0.3, 0.4) is 0 Å². The van der Waals surface area contributed by atoms with Crippen LogP contribution in [-0.4, -0.2) is 61.9 Å². The standard InChI is InChI=1S/C32H41N3O9SSi/c1-5-21-43-30(37)33(45(41,42)27-16-12-11-15-26(27)35(39)40)20-19-31(44-46(6-2,7-3)8-4)24-13-9-10-14-25(24)34-29(36)22-23-17-18-28(31)32(23,34)38/h5,9-16,23,28,38H,1,6-8,17-22H2,2-4H3/t23-,28+,31+,32-/m0/s1. The zero-order valence-corrected chi connectivity index (χ0v) is 28.2. The van der Waals surface area contributed by atoms with Gasteiger partial charge in [-0.3, -0.25) is 19.8 Å². The predicted octanol–water partition coefficient (Wildman–Crippen LogP) is 5.68. The van der Waals surface area contributed by atoms with Gasteiger partial charge in [-0.25, -0.2) is 17.5 Å². The van der Waals surface area contributed by atoms with Crippen LogP contribution in [0, 0.1) is 22.0 Å². The Morgan fingerprint density at radius 3 is 2.46 bits per heavy atom. The molecule has 2 aromatic rings. The van der Waals surface area contributed by atoms with Crippen LogP contribution in [0.1, 0.15) is 52.0 Å². The Morgan fingerprint density at radius 2 is 1.80 bits per heavy atom. The number of carbonyl (C=O) groups excluding carboxylic acids is 2. The Hall–Kier alpha value is -3.59. The van der Waals surface area contributed by atoms with E-state index in [0.717, 1.165) is 30.3 Å². The predicted molar refractivity (Wildman–Crippen MR) is 173 cm³/mol. The minimum Gasteiger partial charge on any atom is -0.444 e. The van der Waals surface area contributed by atoms with Crippen molar-refractivity contribution in [1.29, 1.82) is 0 Å². The molecule has 0 aromatic heterocycles. The summed E-state index contributed by atoms with van der Waals surface area (Å²) in [6, 6.07) is 14.3. The topological polar surface area (TPSA) is 157 Å². The lowest BCUT2D eigenvalue weighted by Gasteiger charge is -2.56. The van der Waals surface area contributed by atoms with Crippen LogP contribution in [0.15, 0.2) is 66.1 Å². The van der Waals surface area contributed by atoms with Gasteiger partial charge in [0.1, 0.15) is 6.61 Å². The highest BCUT2D eigenvalue weighted by Gasteiger charge is 2.70. The molecule has 4 atom stereocenters. The van der Waals surface area contributed by atoms with Gasteiger partial charge in [-0.15, -0.1) is 0 Å². The van der Waals surface area contributed by atoms with Gasteiger partial charge < -0.3 is 14.3 Å². The second-order valence-electron chi connectivity index (χ2n) is 12.2. The number of benzene rings is 2. The van der Waals surface area contributed by atoms with Crippen molar-refractivity contribution in [2.75, 3.05) is 18.1 Å². The zero-order valence-electron chi connectivity index (χ0n) is 26.4. The Morgan fingerprint density at radius 1 is 1.15 bits per heavy atom. The van der Waals surface area contributed by atoms with E-state index in [9.17, 15) is 33.2 Å². The summed E-state index contributed by atoms with van der Waals surface area (Å²) in [7, 11) is -7.35. The third kappa shape index (κ3) is 5.15. The van der Waals surface area contributed by atoms with Gasteiger partial charge >= 0.3 is 6.09 Å². The number of carbonyl (C=O) groups is 2. The maximum atomic E-state index is 14.1. The molecule has 14 heteroatoms. The van der Waals surface area contributed by atoms with Crippen LogP contribution in [-0.2, 0) is 29.6 Å². The van der Waals surface area contributed by atoms with Crippen LogP contribution in [0.5, 0.6) is 0 Å². The fourth-order valence-corrected chi connectivity index (χ4v) is 12.4. The van der Waals surface area contributed by atoms with E-state index < -0.39 is 63.7 Å². The summed E-state index contributed by atoms with van der Waals surface area (Å²) in [6.45, 7) is 8.98. The highest BCUT2D eigenvalue weighted by molar-refractivity contribution is 7.89. The highest BCUT2D eigenvalue weighted by Crippen LogP contribution is 2.64. The minimum atomic E-state index is -4.82. The first kappa shape index (κ1) is 33.8. The first-order chi connectivity index (χ1) is 21.9. The smallest absolute Gasteiger partial charge is 0.424 e. The van der Waals surface area contributed by atoms with Crippen LogP contribution in [0.25, 0.3) is 0 Å². The Labute approximate surface area is 270 Å². The van der Waals surface area contributed by atoms with Crippen molar-refractivity contribution in [3.8, 4) is 0 Å². The van der Waals surface area contributed by atoms with Crippen LogP contribution >= 0.6 is 0 Å². The van der Waals surface area contributed by atoms with Crippen molar-refractivity contribution in [1.82, 2.24) is 4.31 Å². The number of rotatable bonds is 13. The third-order valence-corrected chi connectivity index (χ3v) is 16.8. The number of hydrogen-bond donors (Lipinski definition) is 1. The molecule has 2 aromatic carbocycles. The quantitative estimate of drug-likeness (QED) is 0.122. The maximum Gasteiger partial charge on any atom is 0.424 e. The summed E-state index contributed by atoms with van der Waals surface area (Å²) in [5.74, 6) is -1.15. The molecule has 0 radical (unpaired) electrons. The summed E-state index contributed by atoms with van der Waals surface area (Å²) < 4.78 is 41.4. The molecule has 0 bridgehead atoms. The molecular weight excluding hydrogens is 631 g/mol.